The van der Waals surface area contributed by atoms with Gasteiger partial charge in [0.2, 0.25) is 0 Å². The van der Waals surface area contributed by atoms with Crippen molar-refractivity contribution in [3.05, 3.63) is 33.8 Å². The van der Waals surface area contributed by atoms with Crippen LogP contribution in [-0.2, 0) is 6.42 Å². The van der Waals surface area contributed by atoms with Gasteiger partial charge in [0.05, 0.1) is 6.10 Å². The molecule has 1 atom stereocenters. The van der Waals surface area contributed by atoms with E-state index in [4.69, 9.17) is 23.2 Å². The van der Waals surface area contributed by atoms with Crippen molar-refractivity contribution in [3.8, 4) is 0 Å². The molecule has 0 saturated heterocycles. The largest absolute Gasteiger partial charge is 0.393 e. The molecule has 1 aromatic rings. The predicted molar refractivity (Wildman–Crippen MR) is 65.6 cm³/mol. The highest BCUT2D eigenvalue weighted by Gasteiger charge is 2.10. The van der Waals surface area contributed by atoms with Crippen molar-refractivity contribution in [2.24, 2.45) is 5.92 Å². The molecule has 0 aliphatic carbocycles. The highest BCUT2D eigenvalue weighted by atomic mass is 35.5. The molecule has 0 radical (unpaired) electrons. The lowest BCUT2D eigenvalue weighted by Crippen LogP contribution is -2.15. The Bertz CT molecular complexity index is 323. The standard InChI is InChI=1S/C12H16Cl2O/c1-8(2)12(15)6-4-9-3-5-10(13)7-11(9)14/h3,5,7-8,12,15H,4,6H2,1-2H3. The first-order chi connectivity index (χ1) is 7.00. The quantitative estimate of drug-likeness (QED) is 0.854. The Balaban J connectivity index is 2.58. The van der Waals surface area contributed by atoms with E-state index in [2.05, 4.69) is 0 Å². The van der Waals surface area contributed by atoms with Gasteiger partial charge in [0, 0.05) is 10.0 Å². The van der Waals surface area contributed by atoms with Crippen LogP contribution in [0, 0.1) is 5.92 Å². The summed E-state index contributed by atoms with van der Waals surface area (Å²) in [6, 6.07) is 5.47. The fraction of sp³-hybridized carbons (Fsp3) is 0.500. The van der Waals surface area contributed by atoms with Gasteiger partial charge in [-0.1, -0.05) is 43.1 Å². The Kier molecular flexibility index (Phi) is 4.91. The van der Waals surface area contributed by atoms with Crippen molar-refractivity contribution >= 4 is 23.2 Å². The molecule has 0 aliphatic rings. The minimum Gasteiger partial charge on any atom is -0.393 e. The van der Waals surface area contributed by atoms with Crippen LogP contribution in [0.5, 0.6) is 0 Å². The molecule has 1 aromatic carbocycles. The van der Waals surface area contributed by atoms with Crippen LogP contribution in [0.3, 0.4) is 0 Å². The number of benzene rings is 1. The van der Waals surface area contributed by atoms with Crippen molar-refractivity contribution in [1.29, 1.82) is 0 Å². The average molecular weight is 247 g/mol. The molecule has 1 rings (SSSR count). The zero-order valence-corrected chi connectivity index (χ0v) is 10.5. The number of halogens is 2. The Morgan fingerprint density at radius 2 is 1.93 bits per heavy atom. The van der Waals surface area contributed by atoms with Gasteiger partial charge in [0.1, 0.15) is 0 Å². The maximum atomic E-state index is 9.66. The van der Waals surface area contributed by atoms with Gasteiger partial charge in [0.15, 0.2) is 0 Å². The first kappa shape index (κ1) is 12.8. The maximum absolute atomic E-state index is 9.66. The van der Waals surface area contributed by atoms with Gasteiger partial charge < -0.3 is 5.11 Å². The van der Waals surface area contributed by atoms with Gasteiger partial charge in [-0.15, -0.1) is 0 Å². The summed E-state index contributed by atoms with van der Waals surface area (Å²) in [4.78, 5) is 0. The van der Waals surface area contributed by atoms with E-state index in [1.165, 1.54) is 0 Å². The fourth-order valence-corrected chi connectivity index (χ4v) is 1.86. The van der Waals surface area contributed by atoms with Crippen LogP contribution >= 0.6 is 23.2 Å². The van der Waals surface area contributed by atoms with Crippen molar-refractivity contribution in [2.75, 3.05) is 0 Å². The highest BCUT2D eigenvalue weighted by molar-refractivity contribution is 6.35. The topological polar surface area (TPSA) is 20.2 Å². The SMILES string of the molecule is CC(C)C(O)CCc1ccc(Cl)cc1Cl. The normalized spacial score (nSPS) is 13.2. The fourth-order valence-electron chi connectivity index (χ4n) is 1.36. The lowest BCUT2D eigenvalue weighted by Gasteiger charge is -2.14. The second kappa shape index (κ2) is 5.74. The van der Waals surface area contributed by atoms with Gasteiger partial charge in [-0.05, 0) is 36.5 Å². The van der Waals surface area contributed by atoms with Crippen LogP contribution in [0.2, 0.25) is 10.0 Å². The van der Waals surface area contributed by atoms with Gasteiger partial charge in [-0.25, -0.2) is 0 Å². The minimum absolute atomic E-state index is 0.267. The molecule has 1 N–H and O–H groups in total. The molecule has 84 valence electrons. The van der Waals surface area contributed by atoms with Crippen molar-refractivity contribution in [1.82, 2.24) is 0 Å². The van der Waals surface area contributed by atoms with Crippen molar-refractivity contribution in [3.63, 3.8) is 0 Å². The van der Waals surface area contributed by atoms with Crippen LogP contribution < -0.4 is 0 Å². The lowest BCUT2D eigenvalue weighted by atomic mass is 9.99. The number of hydrogen-bond acceptors (Lipinski definition) is 1. The summed E-state index contributed by atoms with van der Waals surface area (Å²) in [5.41, 5.74) is 1.04. The monoisotopic (exact) mass is 246 g/mol. The van der Waals surface area contributed by atoms with Gasteiger partial charge in [0.25, 0.3) is 0 Å². The Morgan fingerprint density at radius 3 is 2.47 bits per heavy atom. The number of aliphatic hydroxyl groups is 1. The molecule has 0 spiro atoms. The molecule has 1 nitrogen and oxygen atoms in total. The summed E-state index contributed by atoms with van der Waals surface area (Å²) in [7, 11) is 0. The second-order valence-electron chi connectivity index (χ2n) is 4.09. The molecule has 0 bridgehead atoms. The molecule has 0 amide bonds. The predicted octanol–water partition coefficient (Wildman–Crippen LogP) is 3.94. The van der Waals surface area contributed by atoms with E-state index in [9.17, 15) is 5.11 Å². The summed E-state index contributed by atoms with van der Waals surface area (Å²) in [5, 5.41) is 11.0. The number of rotatable bonds is 4. The molecule has 0 fully saturated rings. The smallest absolute Gasteiger partial charge is 0.0566 e. The van der Waals surface area contributed by atoms with Gasteiger partial charge in [-0.3, -0.25) is 0 Å². The minimum atomic E-state index is -0.267. The number of hydrogen-bond donors (Lipinski definition) is 1. The zero-order valence-electron chi connectivity index (χ0n) is 9.00. The third kappa shape index (κ3) is 4.02. The van der Waals surface area contributed by atoms with E-state index in [1.807, 2.05) is 26.0 Å². The molecule has 0 heterocycles. The van der Waals surface area contributed by atoms with Crippen LogP contribution in [0.1, 0.15) is 25.8 Å². The highest BCUT2D eigenvalue weighted by Crippen LogP contribution is 2.23. The van der Waals surface area contributed by atoms with E-state index < -0.39 is 0 Å². The Labute approximate surface area is 101 Å². The van der Waals surface area contributed by atoms with E-state index in [0.29, 0.717) is 10.0 Å². The average Bonchev–Trinajstić information content (AvgIpc) is 2.15. The van der Waals surface area contributed by atoms with Crippen molar-refractivity contribution < 1.29 is 5.11 Å². The first-order valence-electron chi connectivity index (χ1n) is 5.12. The van der Waals surface area contributed by atoms with Crippen LogP contribution in [0.25, 0.3) is 0 Å². The molecule has 3 heteroatoms. The van der Waals surface area contributed by atoms with Crippen LogP contribution in [0.15, 0.2) is 18.2 Å². The first-order valence-corrected chi connectivity index (χ1v) is 5.88. The Hall–Kier alpha value is -0.240. The maximum Gasteiger partial charge on any atom is 0.0566 e. The van der Waals surface area contributed by atoms with Crippen molar-refractivity contribution in [2.45, 2.75) is 32.8 Å². The summed E-state index contributed by atoms with van der Waals surface area (Å²) in [6.07, 6.45) is 1.26. The molecule has 0 aliphatic heterocycles. The Morgan fingerprint density at radius 1 is 1.27 bits per heavy atom. The molecule has 15 heavy (non-hydrogen) atoms. The molecule has 0 aromatic heterocycles. The third-order valence-electron chi connectivity index (χ3n) is 2.49. The van der Waals surface area contributed by atoms with Gasteiger partial charge in [-0.2, -0.15) is 0 Å². The van der Waals surface area contributed by atoms with E-state index >= 15 is 0 Å². The second-order valence-corrected chi connectivity index (χ2v) is 4.93. The summed E-state index contributed by atoms with van der Waals surface area (Å²) in [5.74, 6) is 0.288. The van der Waals surface area contributed by atoms with E-state index in [-0.39, 0.29) is 12.0 Å². The zero-order chi connectivity index (χ0) is 11.4. The molecule has 0 saturated carbocycles. The lowest BCUT2D eigenvalue weighted by molar-refractivity contribution is 0.116. The summed E-state index contributed by atoms with van der Waals surface area (Å²) in [6.45, 7) is 4.02. The molecular weight excluding hydrogens is 231 g/mol. The van der Waals surface area contributed by atoms with Crippen LogP contribution in [-0.4, -0.2) is 11.2 Å². The van der Waals surface area contributed by atoms with E-state index in [1.54, 1.807) is 6.07 Å². The van der Waals surface area contributed by atoms with E-state index in [0.717, 1.165) is 18.4 Å². The number of aliphatic hydroxyl groups excluding tert-OH is 1. The third-order valence-corrected chi connectivity index (χ3v) is 3.08. The molecular formula is C12H16Cl2O. The number of aryl methyl sites for hydroxylation is 1. The van der Waals surface area contributed by atoms with Gasteiger partial charge >= 0.3 is 0 Å². The molecule has 1 unspecified atom stereocenters. The van der Waals surface area contributed by atoms with Crippen LogP contribution in [0.4, 0.5) is 0 Å². The summed E-state index contributed by atoms with van der Waals surface area (Å²) < 4.78 is 0. The summed E-state index contributed by atoms with van der Waals surface area (Å²) >= 11 is 11.8.